The van der Waals surface area contributed by atoms with E-state index < -0.39 is 11.6 Å². The molecule has 1 aliphatic heterocycles. The molecule has 0 aliphatic carbocycles. The lowest BCUT2D eigenvalue weighted by Crippen LogP contribution is -2.58. The van der Waals surface area contributed by atoms with Crippen LogP contribution in [0.15, 0.2) is 30.3 Å². The number of carbonyl (C=O) groups is 2. The molecule has 0 N–H and O–H groups in total. The number of aromatic nitrogens is 2. The average molecular weight is 383 g/mol. The summed E-state index contributed by atoms with van der Waals surface area (Å²) in [6.45, 7) is 3.28. The Hall–Kier alpha value is -1.89. The highest BCUT2D eigenvalue weighted by molar-refractivity contribution is 6.34. The normalized spacial score (nSPS) is 16.8. The van der Waals surface area contributed by atoms with Gasteiger partial charge in [-0.15, -0.1) is 0 Å². The molecule has 25 heavy (non-hydrogen) atoms. The minimum Gasteiger partial charge on any atom is -0.441 e. The monoisotopic (exact) mass is 382 g/mol. The highest BCUT2D eigenvalue weighted by Crippen LogP contribution is 2.32. The zero-order chi connectivity index (χ0) is 18.2. The molecule has 6 nitrogen and oxygen atoms in total. The maximum absolute atomic E-state index is 12.7. The fourth-order valence-electron chi connectivity index (χ4n) is 2.64. The molecular weight excluding hydrogens is 367 g/mol. The van der Waals surface area contributed by atoms with Gasteiger partial charge in [-0.3, -0.25) is 4.79 Å². The van der Waals surface area contributed by atoms with Gasteiger partial charge in [0, 0.05) is 0 Å². The smallest absolute Gasteiger partial charge is 0.359 e. The number of esters is 1. The molecule has 0 spiro atoms. The van der Waals surface area contributed by atoms with Crippen LogP contribution in [-0.4, -0.2) is 40.1 Å². The van der Waals surface area contributed by atoms with Crippen molar-refractivity contribution in [3.63, 3.8) is 0 Å². The number of ether oxygens (including phenoxy) is 2. The Morgan fingerprint density at radius 3 is 2.44 bits per heavy atom. The van der Waals surface area contributed by atoms with Crippen molar-refractivity contribution in [1.29, 1.82) is 0 Å². The van der Waals surface area contributed by atoms with Crippen molar-refractivity contribution >= 4 is 35.0 Å². The summed E-state index contributed by atoms with van der Waals surface area (Å²) >= 11 is 12.3. The number of imidazole rings is 1. The predicted molar refractivity (Wildman–Crippen MR) is 92.1 cm³/mol. The maximum Gasteiger partial charge on any atom is 0.359 e. The molecule has 0 amide bonds. The topological polar surface area (TPSA) is 70.4 Å². The molecule has 1 aliphatic rings. The van der Waals surface area contributed by atoms with Crippen molar-refractivity contribution in [2.75, 3.05) is 13.2 Å². The largest absolute Gasteiger partial charge is 0.441 e. The van der Waals surface area contributed by atoms with Gasteiger partial charge in [-0.2, -0.15) is 0 Å². The van der Waals surface area contributed by atoms with Crippen molar-refractivity contribution in [3.8, 4) is 0 Å². The number of ketones is 1. The first-order chi connectivity index (χ1) is 11.9. The van der Waals surface area contributed by atoms with Gasteiger partial charge in [0.25, 0.3) is 0 Å². The minimum absolute atomic E-state index is 0.00976. The number of halogens is 2. The molecule has 2 heterocycles. The molecule has 132 valence electrons. The van der Waals surface area contributed by atoms with Crippen molar-refractivity contribution in [3.05, 3.63) is 52.0 Å². The van der Waals surface area contributed by atoms with Crippen LogP contribution in [-0.2, 0) is 14.3 Å². The Bertz CT molecular complexity index is 816. The number of hydrogen-bond donors (Lipinski definition) is 0. The highest BCUT2D eigenvalue weighted by atomic mass is 35.5. The van der Waals surface area contributed by atoms with Crippen molar-refractivity contribution in [2.45, 2.75) is 25.5 Å². The fraction of sp³-hybridized carbons (Fsp3) is 0.353. The van der Waals surface area contributed by atoms with Crippen LogP contribution < -0.4 is 0 Å². The average Bonchev–Trinajstić information content (AvgIpc) is 2.84. The lowest BCUT2D eigenvalue weighted by atomic mass is 9.97. The van der Waals surface area contributed by atoms with E-state index in [9.17, 15) is 9.59 Å². The van der Waals surface area contributed by atoms with Crippen LogP contribution in [0.25, 0.3) is 0 Å². The molecule has 1 aromatic carbocycles. The van der Waals surface area contributed by atoms with Gasteiger partial charge in [-0.25, -0.2) is 9.78 Å². The van der Waals surface area contributed by atoms with Gasteiger partial charge in [-0.1, -0.05) is 41.9 Å². The molecule has 0 bridgehead atoms. The summed E-state index contributed by atoms with van der Waals surface area (Å²) in [6, 6.07) is 9.16. The van der Waals surface area contributed by atoms with Crippen molar-refractivity contribution < 1.29 is 19.1 Å². The van der Waals surface area contributed by atoms with E-state index >= 15 is 0 Å². The van der Waals surface area contributed by atoms with Crippen LogP contribution in [0.3, 0.4) is 0 Å². The van der Waals surface area contributed by atoms with Gasteiger partial charge in [0.15, 0.2) is 16.6 Å². The van der Waals surface area contributed by atoms with Crippen LogP contribution in [0.4, 0.5) is 0 Å². The van der Waals surface area contributed by atoms with Gasteiger partial charge in [0.2, 0.25) is 10.9 Å². The Labute approximate surface area is 154 Å². The Kier molecular flexibility index (Phi) is 4.86. The van der Waals surface area contributed by atoms with Crippen LogP contribution in [0.1, 0.15) is 35.9 Å². The van der Waals surface area contributed by atoms with E-state index in [4.69, 9.17) is 32.7 Å². The second-order valence-corrected chi connectivity index (χ2v) is 6.61. The Balaban J connectivity index is 1.97. The zero-order valence-electron chi connectivity index (χ0n) is 13.7. The number of nitrogens with zero attached hydrogens (tertiary/aromatic N) is 2. The Morgan fingerprint density at radius 2 is 1.92 bits per heavy atom. The molecular formula is C17H16Cl2N2O4. The summed E-state index contributed by atoms with van der Waals surface area (Å²) in [5.74, 6) is -1.04. The van der Waals surface area contributed by atoms with E-state index in [0.717, 1.165) is 5.56 Å². The van der Waals surface area contributed by atoms with E-state index in [1.807, 2.05) is 37.3 Å². The minimum atomic E-state index is -1.27. The van der Waals surface area contributed by atoms with Crippen LogP contribution in [0, 0.1) is 0 Å². The lowest BCUT2D eigenvalue weighted by Gasteiger charge is -2.38. The molecule has 0 radical (unpaired) electrons. The summed E-state index contributed by atoms with van der Waals surface area (Å²) in [5, 5.41) is -0.00763. The lowest BCUT2D eigenvalue weighted by molar-refractivity contribution is -0.188. The maximum atomic E-state index is 12.7. The second-order valence-electron chi connectivity index (χ2n) is 5.91. The number of hydrogen-bond acceptors (Lipinski definition) is 5. The number of Topliss-reactive ketones (excluding diaryl/α,β-unsaturated/α-hetero) is 1. The zero-order valence-corrected chi connectivity index (χ0v) is 15.2. The Morgan fingerprint density at radius 1 is 1.28 bits per heavy atom. The van der Waals surface area contributed by atoms with Gasteiger partial charge in [0.05, 0.1) is 19.3 Å². The number of benzene rings is 1. The first-order valence-corrected chi connectivity index (χ1v) is 8.41. The SMILES string of the molecule is CC(=O)C1(OC(=O)c2c(Cl)nc(Cl)n2[C@H](C)c2ccccc2)COC1. The standard InChI is InChI=1S/C17H16Cl2N2O4/c1-10(12-6-4-3-5-7-12)21-13(14(18)20-16(21)19)15(23)25-17(11(2)22)8-24-9-17/h3-7,10H,8-9H2,1-2H3/t10-/m1/s1. The molecule has 2 aromatic rings. The quantitative estimate of drug-likeness (QED) is 0.741. The summed E-state index contributed by atoms with van der Waals surface area (Å²) < 4.78 is 12.0. The van der Waals surface area contributed by atoms with Crippen LogP contribution >= 0.6 is 23.2 Å². The molecule has 0 unspecified atom stereocenters. The van der Waals surface area contributed by atoms with Gasteiger partial charge in [-0.05, 0) is 31.0 Å². The van der Waals surface area contributed by atoms with Crippen molar-refractivity contribution in [1.82, 2.24) is 9.55 Å². The van der Waals surface area contributed by atoms with Gasteiger partial charge >= 0.3 is 5.97 Å². The second kappa shape index (κ2) is 6.78. The van der Waals surface area contributed by atoms with E-state index in [2.05, 4.69) is 4.98 Å². The number of rotatable bonds is 5. The molecule has 1 aromatic heterocycles. The van der Waals surface area contributed by atoms with Gasteiger partial charge in [0.1, 0.15) is 0 Å². The van der Waals surface area contributed by atoms with Crippen LogP contribution in [0.2, 0.25) is 10.4 Å². The van der Waals surface area contributed by atoms with E-state index in [1.54, 1.807) is 0 Å². The molecule has 3 rings (SSSR count). The third kappa shape index (κ3) is 3.17. The summed E-state index contributed by atoms with van der Waals surface area (Å²) in [5.41, 5.74) is -0.339. The van der Waals surface area contributed by atoms with E-state index in [1.165, 1.54) is 11.5 Å². The first-order valence-electron chi connectivity index (χ1n) is 7.66. The first kappa shape index (κ1) is 17.9. The van der Waals surface area contributed by atoms with E-state index in [-0.39, 0.29) is 41.2 Å². The number of carbonyl (C=O) groups excluding carboxylic acids is 2. The predicted octanol–water partition coefficient (Wildman–Crippen LogP) is 3.31. The third-order valence-corrected chi connectivity index (χ3v) is 4.82. The van der Waals surface area contributed by atoms with Gasteiger partial charge < -0.3 is 14.0 Å². The van der Waals surface area contributed by atoms with Crippen molar-refractivity contribution in [2.24, 2.45) is 0 Å². The molecule has 1 saturated heterocycles. The summed E-state index contributed by atoms with van der Waals surface area (Å²) in [4.78, 5) is 28.5. The summed E-state index contributed by atoms with van der Waals surface area (Å²) in [6.07, 6.45) is 0. The molecule has 1 fully saturated rings. The molecule has 0 saturated carbocycles. The molecule has 1 atom stereocenters. The molecule has 8 heteroatoms. The van der Waals surface area contributed by atoms with Crippen LogP contribution in [0.5, 0.6) is 0 Å². The third-order valence-electron chi connectivity index (χ3n) is 4.29. The fourth-order valence-corrected chi connectivity index (χ4v) is 3.25. The highest BCUT2D eigenvalue weighted by Gasteiger charge is 2.48. The summed E-state index contributed by atoms with van der Waals surface area (Å²) in [7, 11) is 0. The van der Waals surface area contributed by atoms with E-state index in [0.29, 0.717) is 0 Å².